The van der Waals surface area contributed by atoms with E-state index in [1.165, 1.54) is 0 Å². The predicted molar refractivity (Wildman–Crippen MR) is 101 cm³/mol. The molecule has 7 heteroatoms. The van der Waals surface area contributed by atoms with Crippen LogP contribution >= 0.6 is 11.6 Å². The maximum absolute atomic E-state index is 12.6. The zero-order valence-corrected chi connectivity index (χ0v) is 15.6. The number of anilines is 1. The molecule has 138 valence electrons. The minimum absolute atomic E-state index is 0.0124. The number of nitrogens with zero attached hydrogens (tertiary/aromatic N) is 3. The minimum Gasteiger partial charge on any atom is -0.466 e. The minimum atomic E-state index is -0.134. The highest BCUT2D eigenvalue weighted by Crippen LogP contribution is 2.47. The van der Waals surface area contributed by atoms with E-state index in [1.54, 1.807) is 10.6 Å². The van der Waals surface area contributed by atoms with Gasteiger partial charge >= 0.3 is 5.97 Å². The normalized spacial score (nSPS) is 27.5. The van der Waals surface area contributed by atoms with Gasteiger partial charge in [0.25, 0.3) is 0 Å². The third-order valence-corrected chi connectivity index (χ3v) is 5.94. The maximum atomic E-state index is 12.6. The van der Waals surface area contributed by atoms with Crippen molar-refractivity contribution in [2.24, 2.45) is 17.8 Å². The first-order valence-electron chi connectivity index (χ1n) is 9.22. The summed E-state index contributed by atoms with van der Waals surface area (Å²) in [6, 6.07) is 1.98. The van der Waals surface area contributed by atoms with Crippen molar-refractivity contribution in [1.29, 1.82) is 0 Å². The van der Waals surface area contributed by atoms with E-state index < -0.39 is 0 Å². The molecule has 26 heavy (non-hydrogen) atoms. The molecular formula is C19H23ClN4O2. The molecule has 0 unspecified atom stereocenters. The second kappa shape index (κ2) is 6.91. The van der Waals surface area contributed by atoms with Crippen LogP contribution in [0, 0.1) is 17.8 Å². The monoisotopic (exact) mass is 374 g/mol. The van der Waals surface area contributed by atoms with Gasteiger partial charge in [-0.25, -0.2) is 4.52 Å². The van der Waals surface area contributed by atoms with Gasteiger partial charge in [-0.3, -0.25) is 4.79 Å². The van der Waals surface area contributed by atoms with E-state index in [0.29, 0.717) is 24.3 Å². The molecule has 1 N–H and O–H groups in total. The number of esters is 1. The van der Waals surface area contributed by atoms with Gasteiger partial charge in [-0.05, 0) is 67.7 Å². The molecule has 0 saturated heterocycles. The van der Waals surface area contributed by atoms with Crippen LogP contribution in [0.4, 0.5) is 5.82 Å². The Balaban J connectivity index is 1.70. The molecule has 3 aliphatic carbocycles. The van der Waals surface area contributed by atoms with Gasteiger partial charge < -0.3 is 10.1 Å². The van der Waals surface area contributed by atoms with E-state index in [-0.39, 0.29) is 23.2 Å². The lowest BCUT2D eigenvalue weighted by molar-refractivity contribution is -0.154. The van der Waals surface area contributed by atoms with Crippen LogP contribution in [-0.2, 0) is 9.53 Å². The van der Waals surface area contributed by atoms with Crippen LogP contribution in [0.1, 0.15) is 38.2 Å². The van der Waals surface area contributed by atoms with Gasteiger partial charge in [0.2, 0.25) is 5.28 Å². The second-order valence-corrected chi connectivity index (χ2v) is 7.50. The van der Waals surface area contributed by atoms with E-state index in [2.05, 4.69) is 22.0 Å². The summed E-state index contributed by atoms with van der Waals surface area (Å²) in [5, 5.41) is 7.92. The Labute approximate surface area is 157 Å². The summed E-state index contributed by atoms with van der Waals surface area (Å²) in [6.45, 7) is 6.07. The first kappa shape index (κ1) is 17.3. The van der Waals surface area contributed by atoms with Crippen molar-refractivity contribution in [3.05, 3.63) is 29.7 Å². The molecule has 3 fully saturated rings. The number of fused-ring (bicyclic) bond motifs is 4. The standard InChI is InChI=1S/C19H23ClN4O2/c1-3-11-9-14-17(22-19(20)23-24(14)10-11)21-16-13-7-5-12(6-8-13)15(16)18(25)26-4-2/h3,9-10,12-13,15-16H,1,4-8H2,2H3,(H,21,22,23)/t12?,13?,15-,16-/m1/s1. The van der Waals surface area contributed by atoms with Crippen molar-refractivity contribution in [1.82, 2.24) is 14.6 Å². The summed E-state index contributed by atoms with van der Waals surface area (Å²) in [6.07, 6.45) is 8.07. The van der Waals surface area contributed by atoms with Crippen molar-refractivity contribution >= 4 is 35.0 Å². The fourth-order valence-electron chi connectivity index (χ4n) is 4.60. The summed E-state index contributed by atoms with van der Waals surface area (Å²) in [7, 11) is 0. The Bertz CT molecular complexity index is 841. The lowest BCUT2D eigenvalue weighted by Gasteiger charge is -2.47. The molecule has 0 amide bonds. The van der Waals surface area contributed by atoms with Crippen molar-refractivity contribution in [2.45, 2.75) is 38.6 Å². The lowest BCUT2D eigenvalue weighted by Crippen LogP contribution is -2.52. The van der Waals surface area contributed by atoms with Crippen LogP contribution in [0.25, 0.3) is 11.6 Å². The largest absolute Gasteiger partial charge is 0.466 e. The fraction of sp³-hybridized carbons (Fsp3) is 0.526. The number of aromatic nitrogens is 3. The summed E-state index contributed by atoms with van der Waals surface area (Å²) in [5.74, 6) is 1.24. The predicted octanol–water partition coefficient (Wildman–Crippen LogP) is 3.81. The molecule has 2 atom stereocenters. The maximum Gasteiger partial charge on any atom is 0.311 e. The Kier molecular flexibility index (Phi) is 4.61. The number of hydrogen-bond donors (Lipinski definition) is 1. The van der Waals surface area contributed by atoms with Crippen LogP contribution < -0.4 is 5.32 Å². The Hall–Kier alpha value is -2.08. The summed E-state index contributed by atoms with van der Waals surface area (Å²) >= 11 is 6.12. The number of carbonyl (C=O) groups is 1. The number of rotatable bonds is 5. The SMILES string of the molecule is C=Cc1cc2c(N[C@@H]3C4CCC(CC4)[C@H]3C(=O)OCC)nc(Cl)nn2c1. The molecular weight excluding hydrogens is 352 g/mol. The molecule has 3 saturated carbocycles. The number of ether oxygens (including phenoxy) is 1. The molecule has 2 heterocycles. The summed E-state index contributed by atoms with van der Waals surface area (Å²) < 4.78 is 7.08. The molecule has 2 bridgehead atoms. The zero-order valence-electron chi connectivity index (χ0n) is 14.8. The molecule has 6 nitrogen and oxygen atoms in total. The Morgan fingerprint density at radius 3 is 2.85 bits per heavy atom. The zero-order chi connectivity index (χ0) is 18.3. The fourth-order valence-corrected chi connectivity index (χ4v) is 4.77. The molecule has 0 radical (unpaired) electrons. The average Bonchev–Trinajstić information content (AvgIpc) is 3.06. The number of halogens is 1. The van der Waals surface area contributed by atoms with Crippen molar-refractivity contribution in [2.75, 3.05) is 11.9 Å². The highest BCUT2D eigenvalue weighted by atomic mass is 35.5. The average molecular weight is 375 g/mol. The highest BCUT2D eigenvalue weighted by Gasteiger charge is 2.48. The second-order valence-electron chi connectivity index (χ2n) is 7.16. The molecule has 5 rings (SSSR count). The summed E-state index contributed by atoms with van der Waals surface area (Å²) in [4.78, 5) is 17.0. The van der Waals surface area contributed by atoms with E-state index in [1.807, 2.05) is 19.2 Å². The molecule has 3 aliphatic rings. The molecule has 0 aliphatic heterocycles. The molecule has 2 aromatic rings. The van der Waals surface area contributed by atoms with Gasteiger partial charge in [-0.15, -0.1) is 5.10 Å². The van der Waals surface area contributed by atoms with Gasteiger partial charge in [-0.2, -0.15) is 4.98 Å². The third-order valence-electron chi connectivity index (χ3n) is 5.78. The van der Waals surface area contributed by atoms with Crippen LogP contribution in [0.3, 0.4) is 0 Å². The third kappa shape index (κ3) is 2.96. The van der Waals surface area contributed by atoms with Gasteiger partial charge in [0, 0.05) is 12.2 Å². The Morgan fingerprint density at radius 1 is 1.42 bits per heavy atom. The molecule has 0 aromatic carbocycles. The number of nitrogens with one attached hydrogen (secondary N) is 1. The highest BCUT2D eigenvalue weighted by molar-refractivity contribution is 6.28. The van der Waals surface area contributed by atoms with Crippen molar-refractivity contribution < 1.29 is 9.53 Å². The van der Waals surface area contributed by atoms with Gasteiger partial charge in [0.1, 0.15) is 5.52 Å². The number of hydrogen-bond acceptors (Lipinski definition) is 5. The lowest BCUT2D eigenvalue weighted by atomic mass is 9.61. The van der Waals surface area contributed by atoms with Crippen LogP contribution in [-0.4, -0.2) is 33.2 Å². The first-order chi connectivity index (χ1) is 12.6. The van der Waals surface area contributed by atoms with E-state index in [9.17, 15) is 4.79 Å². The Morgan fingerprint density at radius 2 is 2.15 bits per heavy atom. The molecule has 2 aromatic heterocycles. The van der Waals surface area contributed by atoms with E-state index in [4.69, 9.17) is 16.3 Å². The summed E-state index contributed by atoms with van der Waals surface area (Å²) in [5.41, 5.74) is 1.77. The molecule has 0 spiro atoms. The first-order valence-corrected chi connectivity index (χ1v) is 9.60. The van der Waals surface area contributed by atoms with Crippen LogP contribution in [0.5, 0.6) is 0 Å². The van der Waals surface area contributed by atoms with Crippen molar-refractivity contribution in [3.63, 3.8) is 0 Å². The van der Waals surface area contributed by atoms with Crippen LogP contribution in [0.15, 0.2) is 18.8 Å². The quantitative estimate of drug-likeness (QED) is 0.806. The van der Waals surface area contributed by atoms with Gasteiger partial charge in [-0.1, -0.05) is 12.7 Å². The topological polar surface area (TPSA) is 68.5 Å². The number of carbonyl (C=O) groups excluding carboxylic acids is 1. The van der Waals surface area contributed by atoms with E-state index in [0.717, 1.165) is 36.8 Å². The smallest absolute Gasteiger partial charge is 0.311 e. The van der Waals surface area contributed by atoms with Gasteiger partial charge in [0.05, 0.1) is 12.5 Å². The van der Waals surface area contributed by atoms with Gasteiger partial charge in [0.15, 0.2) is 5.82 Å². The van der Waals surface area contributed by atoms with Crippen molar-refractivity contribution in [3.8, 4) is 0 Å². The van der Waals surface area contributed by atoms with Crippen LogP contribution in [0.2, 0.25) is 5.28 Å². The van der Waals surface area contributed by atoms with E-state index >= 15 is 0 Å².